The molecule has 0 saturated heterocycles. The van der Waals surface area contributed by atoms with Crippen molar-refractivity contribution in [2.24, 2.45) is 0 Å². The van der Waals surface area contributed by atoms with Gasteiger partial charge in [-0.2, -0.15) is 4.98 Å². The largest absolute Gasteiger partial charge is 0.434 e. The molecule has 0 aliphatic rings. The molecule has 1 heterocycles. The third-order valence-electron chi connectivity index (χ3n) is 2.99. The Labute approximate surface area is 121 Å². The van der Waals surface area contributed by atoms with Crippen molar-refractivity contribution in [3.05, 3.63) is 45.6 Å². The normalized spacial score (nSPS) is 10.7. The lowest BCUT2D eigenvalue weighted by Gasteiger charge is -2.09. The van der Waals surface area contributed by atoms with E-state index in [0.717, 1.165) is 5.56 Å². The first-order chi connectivity index (χ1) is 9.88. The van der Waals surface area contributed by atoms with Gasteiger partial charge in [0.05, 0.1) is 4.92 Å². The number of nitrogens with two attached hydrogens (primary N) is 1. The maximum Gasteiger partial charge on any atom is 0.352 e. The van der Waals surface area contributed by atoms with Gasteiger partial charge in [-0.15, -0.1) is 0 Å². The summed E-state index contributed by atoms with van der Waals surface area (Å²) in [6, 6.07) is 7.30. The number of hydrogen-bond acceptors (Lipinski definition) is 6. The lowest BCUT2D eigenvalue weighted by atomic mass is 10.0. The van der Waals surface area contributed by atoms with E-state index in [0.29, 0.717) is 11.7 Å². The predicted molar refractivity (Wildman–Crippen MR) is 78.4 cm³/mol. The van der Waals surface area contributed by atoms with Gasteiger partial charge in [-0.3, -0.25) is 10.1 Å². The summed E-state index contributed by atoms with van der Waals surface area (Å²) in [5, 5.41) is 11.1. The molecule has 21 heavy (non-hydrogen) atoms. The Kier molecular flexibility index (Phi) is 4.02. The number of ether oxygens (including phenoxy) is 1. The highest BCUT2D eigenvalue weighted by atomic mass is 16.6. The van der Waals surface area contributed by atoms with Gasteiger partial charge in [0.2, 0.25) is 5.95 Å². The third kappa shape index (κ3) is 3.25. The summed E-state index contributed by atoms with van der Waals surface area (Å²) in [6.07, 6.45) is 0. The maximum atomic E-state index is 11.1. The number of aromatic nitrogens is 2. The molecule has 2 rings (SSSR count). The van der Waals surface area contributed by atoms with E-state index in [2.05, 4.69) is 23.8 Å². The molecule has 7 heteroatoms. The van der Waals surface area contributed by atoms with E-state index in [1.54, 1.807) is 12.1 Å². The van der Waals surface area contributed by atoms with Crippen LogP contribution in [-0.4, -0.2) is 14.9 Å². The summed E-state index contributed by atoms with van der Waals surface area (Å²) >= 11 is 0. The molecule has 0 atom stereocenters. The van der Waals surface area contributed by atoms with Crippen molar-refractivity contribution in [1.82, 2.24) is 9.97 Å². The Bertz CT molecular complexity index is 669. The Morgan fingerprint density at radius 3 is 2.38 bits per heavy atom. The molecular formula is C14H16N4O3. The zero-order chi connectivity index (χ0) is 15.6. The minimum Gasteiger partial charge on any atom is -0.434 e. The third-order valence-corrected chi connectivity index (χ3v) is 2.99. The molecule has 0 aliphatic heterocycles. The number of nitrogen functional groups attached to an aromatic ring is 1. The Morgan fingerprint density at radius 2 is 1.86 bits per heavy atom. The SMILES string of the molecule is Cc1nc(N)nc(Oc2ccc(C(C)C)cc2)c1[N+](=O)[O-]. The molecule has 1 aromatic carbocycles. The number of rotatable bonds is 4. The van der Waals surface area contributed by atoms with Gasteiger partial charge in [0.25, 0.3) is 0 Å². The van der Waals surface area contributed by atoms with Gasteiger partial charge in [-0.05, 0) is 30.5 Å². The molecule has 0 amide bonds. The van der Waals surface area contributed by atoms with E-state index in [9.17, 15) is 10.1 Å². The van der Waals surface area contributed by atoms with E-state index in [-0.39, 0.29) is 23.2 Å². The van der Waals surface area contributed by atoms with Gasteiger partial charge < -0.3 is 10.5 Å². The van der Waals surface area contributed by atoms with Crippen molar-refractivity contribution in [2.75, 3.05) is 5.73 Å². The van der Waals surface area contributed by atoms with Gasteiger partial charge in [0.1, 0.15) is 11.4 Å². The summed E-state index contributed by atoms with van der Waals surface area (Å²) in [4.78, 5) is 18.1. The fraction of sp³-hybridized carbons (Fsp3) is 0.286. The Hall–Kier alpha value is -2.70. The van der Waals surface area contributed by atoms with Crippen molar-refractivity contribution >= 4 is 11.6 Å². The quantitative estimate of drug-likeness (QED) is 0.684. The minimum absolute atomic E-state index is 0.0631. The minimum atomic E-state index is -0.577. The zero-order valence-electron chi connectivity index (χ0n) is 12.0. The molecule has 0 spiro atoms. The van der Waals surface area contributed by atoms with Crippen molar-refractivity contribution in [3.63, 3.8) is 0 Å². The number of benzene rings is 1. The second-order valence-corrected chi connectivity index (χ2v) is 4.90. The fourth-order valence-electron chi connectivity index (χ4n) is 1.88. The van der Waals surface area contributed by atoms with Crippen LogP contribution >= 0.6 is 0 Å². The van der Waals surface area contributed by atoms with Crippen LogP contribution in [0.1, 0.15) is 31.0 Å². The van der Waals surface area contributed by atoms with E-state index < -0.39 is 4.92 Å². The number of aryl methyl sites for hydroxylation is 1. The van der Waals surface area contributed by atoms with Crippen LogP contribution in [0.4, 0.5) is 11.6 Å². The molecule has 0 radical (unpaired) electrons. The highest BCUT2D eigenvalue weighted by Crippen LogP contribution is 2.32. The second-order valence-electron chi connectivity index (χ2n) is 4.90. The first kappa shape index (κ1) is 14.7. The number of nitro groups is 1. The molecule has 7 nitrogen and oxygen atoms in total. The van der Waals surface area contributed by atoms with Gasteiger partial charge in [0.15, 0.2) is 0 Å². The van der Waals surface area contributed by atoms with Crippen molar-refractivity contribution in [3.8, 4) is 11.6 Å². The fourth-order valence-corrected chi connectivity index (χ4v) is 1.88. The highest BCUT2D eigenvalue weighted by molar-refractivity contribution is 5.49. The van der Waals surface area contributed by atoms with E-state index in [1.165, 1.54) is 6.92 Å². The van der Waals surface area contributed by atoms with Crippen LogP contribution in [0.25, 0.3) is 0 Å². The van der Waals surface area contributed by atoms with Crippen LogP contribution in [0, 0.1) is 17.0 Å². The summed E-state index contributed by atoms with van der Waals surface area (Å²) in [5.41, 5.74) is 6.56. The predicted octanol–water partition coefficient (Wildman–Crippen LogP) is 3.19. The van der Waals surface area contributed by atoms with Gasteiger partial charge >= 0.3 is 11.6 Å². The monoisotopic (exact) mass is 288 g/mol. The van der Waals surface area contributed by atoms with Crippen LogP contribution in [0.5, 0.6) is 11.6 Å². The second kappa shape index (κ2) is 5.74. The van der Waals surface area contributed by atoms with E-state index >= 15 is 0 Å². The summed E-state index contributed by atoms with van der Waals surface area (Å²) in [5.74, 6) is 0.638. The molecule has 110 valence electrons. The molecule has 0 unspecified atom stereocenters. The molecule has 2 N–H and O–H groups in total. The molecule has 0 aliphatic carbocycles. The molecule has 1 aromatic heterocycles. The summed E-state index contributed by atoms with van der Waals surface area (Å²) < 4.78 is 5.49. The van der Waals surface area contributed by atoms with Gasteiger partial charge in [-0.1, -0.05) is 26.0 Å². The standard InChI is InChI=1S/C14H16N4O3/c1-8(2)10-4-6-11(7-5-10)21-13-12(18(19)20)9(3)16-14(15)17-13/h4-8H,1-3H3,(H2,15,16,17). The Morgan fingerprint density at radius 1 is 1.24 bits per heavy atom. The van der Waals surface area contributed by atoms with Gasteiger partial charge in [-0.25, -0.2) is 4.98 Å². The van der Waals surface area contributed by atoms with Crippen LogP contribution in [-0.2, 0) is 0 Å². The van der Waals surface area contributed by atoms with Crippen molar-refractivity contribution < 1.29 is 9.66 Å². The number of nitrogens with zero attached hydrogens (tertiary/aromatic N) is 3. The molecule has 2 aromatic rings. The smallest absolute Gasteiger partial charge is 0.352 e. The lowest BCUT2D eigenvalue weighted by molar-refractivity contribution is -0.386. The van der Waals surface area contributed by atoms with E-state index in [4.69, 9.17) is 10.5 Å². The molecule has 0 bridgehead atoms. The van der Waals surface area contributed by atoms with Crippen LogP contribution in [0.3, 0.4) is 0 Å². The Balaban J connectivity index is 2.37. The molecule has 0 saturated carbocycles. The average molecular weight is 288 g/mol. The van der Waals surface area contributed by atoms with E-state index in [1.807, 2.05) is 12.1 Å². The van der Waals surface area contributed by atoms with Crippen molar-refractivity contribution in [1.29, 1.82) is 0 Å². The first-order valence-electron chi connectivity index (χ1n) is 6.44. The van der Waals surface area contributed by atoms with Crippen LogP contribution in [0.15, 0.2) is 24.3 Å². The molecular weight excluding hydrogens is 272 g/mol. The highest BCUT2D eigenvalue weighted by Gasteiger charge is 2.23. The molecule has 0 fully saturated rings. The average Bonchev–Trinajstić information content (AvgIpc) is 2.37. The van der Waals surface area contributed by atoms with Gasteiger partial charge in [0, 0.05) is 0 Å². The van der Waals surface area contributed by atoms with Crippen LogP contribution < -0.4 is 10.5 Å². The van der Waals surface area contributed by atoms with Crippen molar-refractivity contribution in [2.45, 2.75) is 26.7 Å². The van der Waals surface area contributed by atoms with Crippen LogP contribution in [0.2, 0.25) is 0 Å². The zero-order valence-corrected chi connectivity index (χ0v) is 12.0. The summed E-state index contributed by atoms with van der Waals surface area (Å²) in [6.45, 7) is 5.65. The topological polar surface area (TPSA) is 104 Å². The lowest BCUT2D eigenvalue weighted by Crippen LogP contribution is -2.04. The number of hydrogen-bond donors (Lipinski definition) is 1. The first-order valence-corrected chi connectivity index (χ1v) is 6.44. The maximum absolute atomic E-state index is 11.1. The number of anilines is 1. The summed E-state index contributed by atoms with van der Waals surface area (Å²) in [7, 11) is 0.